The van der Waals surface area contributed by atoms with Crippen molar-refractivity contribution in [1.82, 2.24) is 20.0 Å². The van der Waals surface area contributed by atoms with E-state index in [4.69, 9.17) is 4.52 Å². The number of nitrogens with zero attached hydrogens (tertiary/aromatic N) is 4. The van der Waals surface area contributed by atoms with Crippen molar-refractivity contribution < 1.29 is 9.32 Å². The van der Waals surface area contributed by atoms with Crippen molar-refractivity contribution in [2.45, 2.75) is 53.6 Å². The Balaban J connectivity index is 2.21. The van der Waals surface area contributed by atoms with Gasteiger partial charge >= 0.3 is 0 Å². The van der Waals surface area contributed by atoms with Crippen LogP contribution < -0.4 is 5.32 Å². The average molecular weight is 341 g/mol. The highest BCUT2D eigenvalue weighted by Crippen LogP contribution is 2.19. The standard InChI is InChI=1S/C18H23N5O2/c1-6-7-23-11(2)8-15(13(23)4)9-16(10-19)17(24)20-12(3)18-21-14(5)22-25-18/h8-9,12H,6-7H2,1-5H3,(H,20,24)/b16-9+. The molecule has 0 fully saturated rings. The number of carbonyl (C=O) groups is 1. The monoisotopic (exact) mass is 341 g/mol. The van der Waals surface area contributed by atoms with Crippen molar-refractivity contribution in [3.8, 4) is 6.07 Å². The zero-order valence-electron chi connectivity index (χ0n) is 15.3. The van der Waals surface area contributed by atoms with Gasteiger partial charge in [-0.15, -0.1) is 0 Å². The van der Waals surface area contributed by atoms with Gasteiger partial charge in [-0.1, -0.05) is 12.1 Å². The van der Waals surface area contributed by atoms with E-state index < -0.39 is 11.9 Å². The number of amides is 1. The first-order chi connectivity index (χ1) is 11.9. The molecular formula is C18H23N5O2. The smallest absolute Gasteiger partial charge is 0.262 e. The molecule has 25 heavy (non-hydrogen) atoms. The van der Waals surface area contributed by atoms with Gasteiger partial charge in [-0.2, -0.15) is 10.2 Å². The van der Waals surface area contributed by atoms with Crippen LogP contribution in [0.25, 0.3) is 6.08 Å². The molecule has 1 atom stereocenters. The quantitative estimate of drug-likeness (QED) is 0.643. The Labute approximate surface area is 147 Å². The van der Waals surface area contributed by atoms with Crippen molar-refractivity contribution in [3.05, 3.63) is 40.3 Å². The summed E-state index contributed by atoms with van der Waals surface area (Å²) < 4.78 is 7.23. The number of hydrogen-bond donors (Lipinski definition) is 1. The fraction of sp³-hybridized carbons (Fsp3) is 0.444. The largest absolute Gasteiger partial charge is 0.349 e. The van der Waals surface area contributed by atoms with Gasteiger partial charge in [0.25, 0.3) is 5.91 Å². The summed E-state index contributed by atoms with van der Waals surface area (Å²) in [6.07, 6.45) is 2.64. The lowest BCUT2D eigenvalue weighted by atomic mass is 10.1. The van der Waals surface area contributed by atoms with Crippen molar-refractivity contribution in [1.29, 1.82) is 5.26 Å². The number of aryl methyl sites for hydroxylation is 2. The highest BCUT2D eigenvalue weighted by molar-refractivity contribution is 6.01. The molecule has 0 bridgehead atoms. The Morgan fingerprint density at radius 1 is 1.48 bits per heavy atom. The SMILES string of the molecule is CCCn1c(C)cc(/C=C(\C#N)C(=O)NC(C)c2nc(C)no2)c1C. The van der Waals surface area contributed by atoms with E-state index >= 15 is 0 Å². The highest BCUT2D eigenvalue weighted by Gasteiger charge is 2.19. The first kappa shape index (κ1) is 18.5. The summed E-state index contributed by atoms with van der Waals surface area (Å²) in [5.74, 6) is 0.339. The maximum absolute atomic E-state index is 12.4. The molecule has 2 aromatic rings. The zero-order chi connectivity index (χ0) is 18.6. The molecule has 132 valence electrons. The molecular weight excluding hydrogens is 318 g/mol. The molecule has 0 aliphatic rings. The number of nitriles is 1. The summed E-state index contributed by atoms with van der Waals surface area (Å²) in [4.78, 5) is 16.5. The summed E-state index contributed by atoms with van der Waals surface area (Å²) in [6.45, 7) is 10.5. The van der Waals surface area contributed by atoms with Crippen LogP contribution in [-0.4, -0.2) is 20.6 Å². The minimum absolute atomic E-state index is 0.0415. The Morgan fingerprint density at radius 2 is 2.20 bits per heavy atom. The number of rotatable bonds is 6. The lowest BCUT2D eigenvalue weighted by Gasteiger charge is -2.09. The summed E-state index contributed by atoms with van der Waals surface area (Å²) in [6, 6.07) is 3.49. The summed E-state index contributed by atoms with van der Waals surface area (Å²) in [5.41, 5.74) is 3.07. The van der Waals surface area contributed by atoms with Crippen molar-refractivity contribution in [3.63, 3.8) is 0 Å². The predicted molar refractivity (Wildman–Crippen MR) is 93.4 cm³/mol. The lowest BCUT2D eigenvalue weighted by Crippen LogP contribution is -2.27. The van der Waals surface area contributed by atoms with E-state index in [1.54, 1.807) is 19.9 Å². The molecule has 0 aliphatic heterocycles. The van der Waals surface area contributed by atoms with Gasteiger partial charge in [0.1, 0.15) is 17.7 Å². The Hall–Kier alpha value is -2.88. The Bertz CT molecular complexity index is 838. The minimum Gasteiger partial charge on any atom is -0.349 e. The van der Waals surface area contributed by atoms with Gasteiger partial charge in [0.2, 0.25) is 5.89 Å². The molecule has 1 unspecified atom stereocenters. The fourth-order valence-corrected chi connectivity index (χ4v) is 2.67. The third-order valence-electron chi connectivity index (χ3n) is 3.99. The van der Waals surface area contributed by atoms with Gasteiger partial charge in [0.15, 0.2) is 5.82 Å². The molecule has 7 nitrogen and oxygen atoms in total. The van der Waals surface area contributed by atoms with Crippen LogP contribution in [0, 0.1) is 32.1 Å². The van der Waals surface area contributed by atoms with Crippen LogP contribution in [0.1, 0.15) is 55.0 Å². The van der Waals surface area contributed by atoms with E-state index in [9.17, 15) is 10.1 Å². The minimum atomic E-state index is -0.474. The second kappa shape index (κ2) is 7.79. The number of aromatic nitrogens is 3. The van der Waals surface area contributed by atoms with E-state index in [2.05, 4.69) is 26.9 Å². The third kappa shape index (κ3) is 4.15. The van der Waals surface area contributed by atoms with E-state index in [1.165, 1.54) is 0 Å². The first-order valence-electron chi connectivity index (χ1n) is 8.27. The van der Waals surface area contributed by atoms with Crippen LogP contribution in [0.4, 0.5) is 0 Å². The molecule has 7 heteroatoms. The van der Waals surface area contributed by atoms with Crippen LogP contribution in [0.5, 0.6) is 0 Å². The number of hydrogen-bond acceptors (Lipinski definition) is 5. The summed E-state index contributed by atoms with van der Waals surface area (Å²) in [5, 5.41) is 15.8. The van der Waals surface area contributed by atoms with Gasteiger partial charge < -0.3 is 14.4 Å². The molecule has 2 aromatic heterocycles. The van der Waals surface area contributed by atoms with Crippen molar-refractivity contribution >= 4 is 12.0 Å². The second-order valence-electron chi connectivity index (χ2n) is 6.02. The van der Waals surface area contributed by atoms with Crippen LogP contribution in [0.3, 0.4) is 0 Å². The molecule has 2 heterocycles. The normalized spacial score (nSPS) is 12.7. The van der Waals surface area contributed by atoms with Gasteiger partial charge in [-0.25, -0.2) is 0 Å². The van der Waals surface area contributed by atoms with Gasteiger partial charge in [0.05, 0.1) is 0 Å². The molecule has 0 radical (unpaired) electrons. The van der Waals surface area contributed by atoms with E-state index in [1.807, 2.05) is 26.0 Å². The van der Waals surface area contributed by atoms with E-state index in [-0.39, 0.29) is 5.57 Å². The molecule has 1 N–H and O–H groups in total. The van der Waals surface area contributed by atoms with Crippen molar-refractivity contribution in [2.75, 3.05) is 0 Å². The van der Waals surface area contributed by atoms with Gasteiger partial charge in [-0.3, -0.25) is 4.79 Å². The molecule has 0 spiro atoms. The van der Waals surface area contributed by atoms with Crippen molar-refractivity contribution in [2.24, 2.45) is 0 Å². The van der Waals surface area contributed by atoms with Crippen LogP contribution in [0.2, 0.25) is 0 Å². The molecule has 0 aromatic carbocycles. The maximum atomic E-state index is 12.4. The summed E-state index contributed by atoms with van der Waals surface area (Å²) >= 11 is 0. The summed E-state index contributed by atoms with van der Waals surface area (Å²) in [7, 11) is 0. The van der Waals surface area contributed by atoms with Crippen LogP contribution >= 0.6 is 0 Å². The first-order valence-corrected chi connectivity index (χ1v) is 8.27. The van der Waals surface area contributed by atoms with Crippen LogP contribution in [-0.2, 0) is 11.3 Å². The van der Waals surface area contributed by atoms with E-state index in [0.29, 0.717) is 11.7 Å². The lowest BCUT2D eigenvalue weighted by molar-refractivity contribution is -0.117. The van der Waals surface area contributed by atoms with Gasteiger partial charge in [0, 0.05) is 17.9 Å². The predicted octanol–water partition coefficient (Wildman–Crippen LogP) is 2.99. The van der Waals surface area contributed by atoms with E-state index in [0.717, 1.165) is 29.9 Å². The average Bonchev–Trinajstić information content (AvgIpc) is 3.11. The van der Waals surface area contributed by atoms with Gasteiger partial charge in [-0.05, 0) is 51.8 Å². The zero-order valence-corrected chi connectivity index (χ0v) is 15.3. The molecule has 0 saturated carbocycles. The molecule has 2 rings (SSSR count). The number of carbonyl (C=O) groups excluding carboxylic acids is 1. The topological polar surface area (TPSA) is 96.7 Å². The molecule has 1 amide bonds. The Morgan fingerprint density at radius 3 is 2.76 bits per heavy atom. The third-order valence-corrected chi connectivity index (χ3v) is 3.99. The second-order valence-corrected chi connectivity index (χ2v) is 6.02. The highest BCUT2D eigenvalue weighted by atomic mass is 16.5. The Kier molecular flexibility index (Phi) is 5.75. The fourth-order valence-electron chi connectivity index (χ4n) is 2.67. The number of nitrogens with one attached hydrogen (secondary N) is 1. The van der Waals surface area contributed by atoms with Crippen LogP contribution in [0.15, 0.2) is 16.2 Å². The molecule has 0 saturated heterocycles. The maximum Gasteiger partial charge on any atom is 0.262 e. The molecule has 0 aliphatic carbocycles.